The molecule has 5 nitrogen and oxygen atoms in total. The van der Waals surface area contributed by atoms with Crippen LogP contribution in [-0.4, -0.2) is 48.9 Å². The second kappa shape index (κ2) is 8.65. The van der Waals surface area contributed by atoms with E-state index in [1.807, 2.05) is 18.2 Å². The number of rotatable bonds is 4. The highest BCUT2D eigenvalue weighted by Crippen LogP contribution is 2.29. The molecule has 0 saturated carbocycles. The van der Waals surface area contributed by atoms with Crippen LogP contribution >= 0.6 is 0 Å². The van der Waals surface area contributed by atoms with Gasteiger partial charge in [0.1, 0.15) is 0 Å². The SMILES string of the molecule is C[C@H](C(=O)Nc1ccc(C(F)(F)F)cc1)[NH+]1CCN(C(=O)c2ccccc2)CC1. The average molecular weight is 406 g/mol. The zero-order valence-electron chi connectivity index (χ0n) is 16.0. The van der Waals surface area contributed by atoms with Gasteiger partial charge in [0.15, 0.2) is 6.04 Å². The first-order valence-electron chi connectivity index (χ1n) is 9.43. The highest BCUT2D eigenvalue weighted by Gasteiger charge is 2.32. The van der Waals surface area contributed by atoms with E-state index in [0.717, 1.165) is 17.0 Å². The first-order valence-corrected chi connectivity index (χ1v) is 9.43. The molecule has 0 radical (unpaired) electrons. The van der Waals surface area contributed by atoms with Crippen LogP contribution in [0.1, 0.15) is 22.8 Å². The van der Waals surface area contributed by atoms with Crippen LogP contribution in [-0.2, 0) is 11.0 Å². The van der Waals surface area contributed by atoms with Gasteiger partial charge in [-0.05, 0) is 43.3 Å². The maximum atomic E-state index is 12.6. The second-order valence-corrected chi connectivity index (χ2v) is 7.10. The number of quaternary nitrogens is 1. The molecule has 0 spiro atoms. The van der Waals surface area contributed by atoms with Crippen LogP contribution in [0.3, 0.4) is 0 Å². The van der Waals surface area contributed by atoms with Gasteiger partial charge in [-0.2, -0.15) is 13.2 Å². The third-order valence-electron chi connectivity index (χ3n) is 5.20. The van der Waals surface area contributed by atoms with Gasteiger partial charge >= 0.3 is 6.18 Å². The molecule has 1 heterocycles. The Balaban J connectivity index is 1.53. The lowest BCUT2D eigenvalue weighted by Gasteiger charge is -2.34. The van der Waals surface area contributed by atoms with E-state index in [-0.39, 0.29) is 17.9 Å². The molecule has 0 aliphatic carbocycles. The molecule has 3 rings (SSSR count). The van der Waals surface area contributed by atoms with Crippen molar-refractivity contribution < 1.29 is 27.7 Å². The largest absolute Gasteiger partial charge is 0.416 e. The van der Waals surface area contributed by atoms with Crippen LogP contribution in [0.4, 0.5) is 18.9 Å². The highest BCUT2D eigenvalue weighted by atomic mass is 19.4. The number of nitrogens with zero attached hydrogens (tertiary/aromatic N) is 1. The number of benzene rings is 2. The molecule has 2 amide bonds. The van der Waals surface area contributed by atoms with Crippen molar-refractivity contribution in [3.05, 3.63) is 65.7 Å². The third-order valence-corrected chi connectivity index (χ3v) is 5.20. The van der Waals surface area contributed by atoms with Crippen molar-refractivity contribution in [1.29, 1.82) is 0 Å². The van der Waals surface area contributed by atoms with Gasteiger partial charge in [0, 0.05) is 11.3 Å². The van der Waals surface area contributed by atoms with E-state index in [1.165, 1.54) is 12.1 Å². The fourth-order valence-corrected chi connectivity index (χ4v) is 3.37. The number of halogens is 3. The van der Waals surface area contributed by atoms with Gasteiger partial charge in [-0.3, -0.25) is 9.59 Å². The van der Waals surface area contributed by atoms with Gasteiger partial charge in [-0.25, -0.2) is 0 Å². The summed E-state index contributed by atoms with van der Waals surface area (Å²) in [5, 5.41) is 2.67. The van der Waals surface area contributed by atoms with Crippen molar-refractivity contribution in [2.24, 2.45) is 0 Å². The molecule has 1 aliphatic heterocycles. The molecule has 1 saturated heterocycles. The highest BCUT2D eigenvalue weighted by molar-refractivity contribution is 5.94. The fourth-order valence-electron chi connectivity index (χ4n) is 3.37. The molecule has 1 aliphatic rings. The predicted octanol–water partition coefficient (Wildman–Crippen LogP) is 2.07. The normalized spacial score (nSPS) is 16.3. The molecular weight excluding hydrogens is 383 g/mol. The van der Waals surface area contributed by atoms with Crippen molar-refractivity contribution >= 4 is 17.5 Å². The number of nitrogens with one attached hydrogen (secondary N) is 2. The number of carbonyl (C=O) groups excluding carboxylic acids is 2. The van der Waals surface area contributed by atoms with Crippen LogP contribution in [0.15, 0.2) is 54.6 Å². The fraction of sp³-hybridized carbons (Fsp3) is 0.333. The van der Waals surface area contributed by atoms with E-state index in [9.17, 15) is 22.8 Å². The molecule has 1 fully saturated rings. The van der Waals surface area contributed by atoms with Crippen molar-refractivity contribution in [2.75, 3.05) is 31.5 Å². The summed E-state index contributed by atoms with van der Waals surface area (Å²) >= 11 is 0. The Morgan fingerprint density at radius 2 is 1.59 bits per heavy atom. The summed E-state index contributed by atoms with van der Waals surface area (Å²) in [6.45, 7) is 4.12. The van der Waals surface area contributed by atoms with Crippen molar-refractivity contribution in [1.82, 2.24) is 4.90 Å². The number of anilines is 1. The first kappa shape index (κ1) is 20.9. The van der Waals surface area contributed by atoms with Gasteiger partial charge in [0.25, 0.3) is 11.8 Å². The van der Waals surface area contributed by atoms with E-state index >= 15 is 0 Å². The topological polar surface area (TPSA) is 53.9 Å². The lowest BCUT2D eigenvalue weighted by atomic mass is 10.1. The van der Waals surface area contributed by atoms with Crippen molar-refractivity contribution in [3.63, 3.8) is 0 Å². The number of carbonyl (C=O) groups is 2. The summed E-state index contributed by atoms with van der Waals surface area (Å²) in [7, 11) is 0. The van der Waals surface area contributed by atoms with Gasteiger partial charge in [-0.15, -0.1) is 0 Å². The number of alkyl halides is 3. The Bertz CT molecular complexity index is 846. The quantitative estimate of drug-likeness (QED) is 0.817. The summed E-state index contributed by atoms with van der Waals surface area (Å²) in [5.41, 5.74) is 0.213. The van der Waals surface area contributed by atoms with Gasteiger partial charge in [0.2, 0.25) is 0 Å². The number of hydrogen-bond donors (Lipinski definition) is 2. The summed E-state index contributed by atoms with van der Waals surface area (Å²) in [6, 6.07) is 13.1. The standard InChI is InChI=1S/C21H22F3N3O2/c1-15(19(28)25-18-9-7-17(8-10-18)21(22,23)24)26-11-13-27(14-12-26)20(29)16-5-3-2-4-6-16/h2-10,15H,11-14H2,1H3,(H,25,28)/p+1/t15-/m1/s1. The lowest BCUT2D eigenvalue weighted by molar-refractivity contribution is -0.917. The summed E-state index contributed by atoms with van der Waals surface area (Å²) in [6.07, 6.45) is -4.41. The van der Waals surface area contributed by atoms with Gasteiger partial charge < -0.3 is 15.1 Å². The van der Waals surface area contributed by atoms with Crippen molar-refractivity contribution in [3.8, 4) is 0 Å². The van der Waals surface area contributed by atoms with Crippen LogP contribution in [0, 0.1) is 0 Å². The maximum Gasteiger partial charge on any atom is 0.416 e. The monoisotopic (exact) mass is 406 g/mol. The number of amides is 2. The molecule has 2 aromatic carbocycles. The zero-order chi connectivity index (χ0) is 21.0. The number of piperazine rings is 1. The minimum absolute atomic E-state index is 0.0218. The van der Waals surface area contributed by atoms with Crippen LogP contribution in [0.2, 0.25) is 0 Å². The Morgan fingerprint density at radius 1 is 1.00 bits per heavy atom. The van der Waals surface area contributed by atoms with Crippen LogP contribution in [0.5, 0.6) is 0 Å². The Hall–Kier alpha value is -2.87. The summed E-state index contributed by atoms with van der Waals surface area (Å²) in [4.78, 5) is 27.8. The summed E-state index contributed by atoms with van der Waals surface area (Å²) in [5.74, 6) is -0.283. The molecule has 0 aromatic heterocycles. The van der Waals surface area contributed by atoms with Gasteiger partial charge in [0.05, 0.1) is 31.7 Å². The van der Waals surface area contributed by atoms with E-state index < -0.39 is 11.7 Å². The lowest BCUT2D eigenvalue weighted by Crippen LogP contribution is -3.19. The van der Waals surface area contributed by atoms with E-state index in [2.05, 4.69) is 5.32 Å². The Morgan fingerprint density at radius 3 is 2.14 bits per heavy atom. The average Bonchev–Trinajstić information content (AvgIpc) is 2.73. The zero-order valence-corrected chi connectivity index (χ0v) is 16.0. The second-order valence-electron chi connectivity index (χ2n) is 7.10. The van der Waals surface area contributed by atoms with E-state index in [1.54, 1.807) is 24.0 Å². The molecule has 1 atom stereocenters. The van der Waals surface area contributed by atoms with Crippen LogP contribution < -0.4 is 10.2 Å². The van der Waals surface area contributed by atoms with Crippen molar-refractivity contribution in [2.45, 2.75) is 19.1 Å². The van der Waals surface area contributed by atoms with Gasteiger partial charge in [-0.1, -0.05) is 18.2 Å². The Kier molecular flexibility index (Phi) is 6.22. The van der Waals surface area contributed by atoms with E-state index in [0.29, 0.717) is 37.4 Å². The minimum Gasteiger partial charge on any atom is -0.327 e. The molecule has 2 aromatic rings. The van der Waals surface area contributed by atoms with Crippen LogP contribution in [0.25, 0.3) is 0 Å². The van der Waals surface area contributed by atoms with E-state index in [4.69, 9.17) is 0 Å². The molecule has 2 N–H and O–H groups in total. The smallest absolute Gasteiger partial charge is 0.327 e. The number of hydrogen-bond acceptors (Lipinski definition) is 2. The first-order chi connectivity index (χ1) is 13.8. The Labute approximate surface area is 167 Å². The molecule has 29 heavy (non-hydrogen) atoms. The third kappa shape index (κ3) is 5.14. The predicted molar refractivity (Wildman–Crippen MR) is 103 cm³/mol. The molecular formula is C21H23F3N3O2+. The minimum atomic E-state index is -4.41. The molecule has 154 valence electrons. The summed E-state index contributed by atoms with van der Waals surface area (Å²) < 4.78 is 37.9. The molecule has 0 unspecified atom stereocenters. The molecule has 8 heteroatoms. The molecule has 0 bridgehead atoms. The maximum absolute atomic E-state index is 12.6.